The Morgan fingerprint density at radius 1 is 0.692 bits per heavy atom. The number of nitrogens with one attached hydrogen (secondary N) is 3. The van der Waals surface area contributed by atoms with Crippen LogP contribution in [-0.2, 0) is 4.74 Å². The fourth-order valence-corrected chi connectivity index (χ4v) is 2.41. The van der Waals surface area contributed by atoms with Crippen molar-refractivity contribution >= 4 is 34.5 Å². The van der Waals surface area contributed by atoms with Gasteiger partial charge in [-0.3, -0.25) is 5.32 Å². The second kappa shape index (κ2) is 8.58. The summed E-state index contributed by atoms with van der Waals surface area (Å²) in [6.07, 6.45) is -0.449. The van der Waals surface area contributed by atoms with Crippen LogP contribution in [0.2, 0.25) is 0 Å². The summed E-state index contributed by atoms with van der Waals surface area (Å²) in [5.41, 5.74) is 4.68. The van der Waals surface area contributed by atoms with Crippen LogP contribution in [0.1, 0.15) is 6.92 Å². The minimum Gasteiger partial charge on any atom is -0.450 e. The van der Waals surface area contributed by atoms with Crippen LogP contribution in [0, 0.1) is 0 Å². The quantitative estimate of drug-likeness (QED) is 0.532. The topological polar surface area (TPSA) is 62.4 Å². The molecule has 0 saturated carbocycles. The first-order valence-corrected chi connectivity index (χ1v) is 8.46. The number of para-hydroxylation sites is 1. The van der Waals surface area contributed by atoms with Crippen LogP contribution in [-0.4, -0.2) is 12.7 Å². The number of benzene rings is 3. The molecule has 0 atom stereocenters. The third kappa shape index (κ3) is 5.01. The van der Waals surface area contributed by atoms with Crippen LogP contribution in [0.5, 0.6) is 0 Å². The predicted molar refractivity (Wildman–Crippen MR) is 107 cm³/mol. The minimum atomic E-state index is -0.449. The Hall–Kier alpha value is -3.47. The second-order valence-corrected chi connectivity index (χ2v) is 5.62. The maximum Gasteiger partial charge on any atom is 0.411 e. The van der Waals surface area contributed by atoms with Gasteiger partial charge in [0.25, 0.3) is 0 Å². The average molecular weight is 347 g/mol. The van der Waals surface area contributed by atoms with Crippen molar-refractivity contribution < 1.29 is 9.53 Å². The van der Waals surface area contributed by atoms with Gasteiger partial charge in [-0.05, 0) is 67.6 Å². The molecule has 3 rings (SSSR count). The van der Waals surface area contributed by atoms with Gasteiger partial charge in [0.1, 0.15) is 0 Å². The van der Waals surface area contributed by atoms with Gasteiger partial charge >= 0.3 is 6.09 Å². The molecule has 26 heavy (non-hydrogen) atoms. The molecule has 5 nitrogen and oxygen atoms in total. The Bertz CT molecular complexity index is 831. The van der Waals surface area contributed by atoms with E-state index in [9.17, 15) is 4.79 Å². The van der Waals surface area contributed by atoms with E-state index in [2.05, 4.69) is 16.0 Å². The van der Waals surface area contributed by atoms with E-state index in [0.717, 1.165) is 22.7 Å². The number of amides is 1. The van der Waals surface area contributed by atoms with Crippen LogP contribution in [0.3, 0.4) is 0 Å². The summed E-state index contributed by atoms with van der Waals surface area (Å²) in [7, 11) is 0. The summed E-state index contributed by atoms with van der Waals surface area (Å²) in [6, 6.07) is 25.5. The van der Waals surface area contributed by atoms with Crippen molar-refractivity contribution in [1.29, 1.82) is 0 Å². The maximum absolute atomic E-state index is 11.4. The number of carbonyl (C=O) groups excluding carboxylic acids is 1. The molecule has 3 aromatic carbocycles. The Balaban J connectivity index is 1.58. The van der Waals surface area contributed by atoms with E-state index in [4.69, 9.17) is 4.74 Å². The van der Waals surface area contributed by atoms with Crippen molar-refractivity contribution in [2.75, 3.05) is 22.6 Å². The summed E-state index contributed by atoms with van der Waals surface area (Å²) in [5.74, 6) is 0. The molecule has 0 aliphatic rings. The van der Waals surface area contributed by atoms with Crippen molar-refractivity contribution in [3.05, 3.63) is 78.9 Å². The molecule has 0 spiro atoms. The van der Waals surface area contributed by atoms with E-state index in [0.29, 0.717) is 12.3 Å². The molecule has 0 heterocycles. The smallest absolute Gasteiger partial charge is 0.411 e. The Labute approximate surface area is 153 Å². The highest BCUT2D eigenvalue weighted by Crippen LogP contribution is 2.22. The number of hydrogen-bond acceptors (Lipinski definition) is 4. The number of hydrogen-bond donors (Lipinski definition) is 3. The Morgan fingerprint density at radius 3 is 1.58 bits per heavy atom. The van der Waals surface area contributed by atoms with Gasteiger partial charge in [-0.15, -0.1) is 0 Å². The van der Waals surface area contributed by atoms with Crippen molar-refractivity contribution in [3.8, 4) is 0 Å². The lowest BCUT2D eigenvalue weighted by atomic mass is 10.2. The molecular weight excluding hydrogens is 326 g/mol. The second-order valence-electron chi connectivity index (χ2n) is 5.62. The lowest BCUT2D eigenvalue weighted by Gasteiger charge is -2.10. The predicted octanol–water partition coefficient (Wildman–Crippen LogP) is 5.74. The molecule has 0 unspecified atom stereocenters. The summed E-state index contributed by atoms with van der Waals surface area (Å²) >= 11 is 0. The molecule has 3 N–H and O–H groups in total. The van der Waals surface area contributed by atoms with Gasteiger partial charge in [-0.2, -0.15) is 0 Å². The van der Waals surface area contributed by atoms with Crippen LogP contribution < -0.4 is 16.0 Å². The van der Waals surface area contributed by atoms with Gasteiger partial charge in [0.2, 0.25) is 0 Å². The first kappa shape index (κ1) is 17.4. The van der Waals surface area contributed by atoms with E-state index in [-0.39, 0.29) is 0 Å². The van der Waals surface area contributed by atoms with Crippen LogP contribution in [0.15, 0.2) is 78.9 Å². The maximum atomic E-state index is 11.4. The third-order valence-electron chi connectivity index (χ3n) is 3.64. The molecule has 0 aliphatic carbocycles. The number of ether oxygens (including phenoxy) is 1. The van der Waals surface area contributed by atoms with Gasteiger partial charge in [-0.1, -0.05) is 18.2 Å². The summed E-state index contributed by atoms with van der Waals surface area (Å²) in [6.45, 7) is 2.12. The molecule has 0 aliphatic heterocycles. The van der Waals surface area contributed by atoms with E-state index in [1.165, 1.54) is 0 Å². The van der Waals surface area contributed by atoms with Gasteiger partial charge in [0, 0.05) is 28.4 Å². The van der Waals surface area contributed by atoms with Crippen molar-refractivity contribution in [2.45, 2.75) is 6.92 Å². The Morgan fingerprint density at radius 2 is 1.12 bits per heavy atom. The first-order chi connectivity index (χ1) is 12.7. The lowest BCUT2D eigenvalue weighted by molar-refractivity contribution is 0.168. The standard InChI is InChI=1S/C21H21N3O2/c1-2-26-21(25)24-20-14-12-19(13-15-20)23-18-10-8-17(9-11-18)22-16-6-4-3-5-7-16/h3-15,22-23H,2H2,1H3,(H,24,25). The van der Waals surface area contributed by atoms with Crippen LogP contribution >= 0.6 is 0 Å². The van der Waals surface area contributed by atoms with Gasteiger partial charge in [0.05, 0.1) is 6.61 Å². The number of carbonyl (C=O) groups is 1. The highest BCUT2D eigenvalue weighted by molar-refractivity contribution is 5.85. The average Bonchev–Trinajstić information content (AvgIpc) is 2.66. The molecule has 0 aromatic heterocycles. The third-order valence-corrected chi connectivity index (χ3v) is 3.64. The molecule has 5 heteroatoms. The van der Waals surface area contributed by atoms with Gasteiger partial charge in [0.15, 0.2) is 0 Å². The summed E-state index contributed by atoms with van der Waals surface area (Å²) in [4.78, 5) is 11.4. The molecule has 0 radical (unpaired) electrons. The summed E-state index contributed by atoms with van der Waals surface area (Å²) in [5, 5.41) is 9.35. The molecule has 0 saturated heterocycles. The van der Waals surface area contributed by atoms with E-state index in [1.54, 1.807) is 6.92 Å². The number of rotatable bonds is 6. The monoisotopic (exact) mass is 347 g/mol. The molecule has 1 amide bonds. The number of anilines is 5. The molecule has 0 bridgehead atoms. The van der Waals surface area contributed by atoms with E-state index >= 15 is 0 Å². The fourth-order valence-electron chi connectivity index (χ4n) is 2.41. The Kier molecular flexibility index (Phi) is 5.72. The van der Waals surface area contributed by atoms with E-state index in [1.807, 2.05) is 78.9 Å². The summed E-state index contributed by atoms with van der Waals surface area (Å²) < 4.78 is 4.85. The minimum absolute atomic E-state index is 0.348. The highest BCUT2D eigenvalue weighted by Gasteiger charge is 2.02. The van der Waals surface area contributed by atoms with Crippen molar-refractivity contribution in [1.82, 2.24) is 0 Å². The molecular formula is C21H21N3O2. The first-order valence-electron chi connectivity index (χ1n) is 8.46. The van der Waals surface area contributed by atoms with Crippen molar-refractivity contribution in [3.63, 3.8) is 0 Å². The zero-order valence-corrected chi connectivity index (χ0v) is 14.5. The van der Waals surface area contributed by atoms with Crippen molar-refractivity contribution in [2.24, 2.45) is 0 Å². The van der Waals surface area contributed by atoms with Gasteiger partial charge < -0.3 is 15.4 Å². The lowest BCUT2D eigenvalue weighted by Crippen LogP contribution is -2.13. The van der Waals surface area contributed by atoms with E-state index < -0.39 is 6.09 Å². The van der Waals surface area contributed by atoms with Crippen LogP contribution in [0.25, 0.3) is 0 Å². The SMILES string of the molecule is CCOC(=O)Nc1ccc(Nc2ccc(Nc3ccccc3)cc2)cc1. The largest absolute Gasteiger partial charge is 0.450 e. The molecule has 132 valence electrons. The van der Waals surface area contributed by atoms with Gasteiger partial charge in [-0.25, -0.2) is 4.79 Å². The highest BCUT2D eigenvalue weighted by atomic mass is 16.5. The fraction of sp³-hybridized carbons (Fsp3) is 0.0952. The van der Waals surface area contributed by atoms with Crippen LogP contribution in [0.4, 0.5) is 33.2 Å². The zero-order chi connectivity index (χ0) is 18.2. The molecule has 0 fully saturated rings. The zero-order valence-electron chi connectivity index (χ0n) is 14.5. The normalized spacial score (nSPS) is 10.0. The molecule has 3 aromatic rings.